The van der Waals surface area contributed by atoms with Gasteiger partial charge in [-0.3, -0.25) is 29.0 Å². The Bertz CT molecular complexity index is 4190. The van der Waals surface area contributed by atoms with Gasteiger partial charge in [0.15, 0.2) is 0 Å². The number of nitrogens with zero attached hydrogens (tertiary/aromatic N) is 2. The third kappa shape index (κ3) is 14.1. The molecule has 0 N–H and O–H groups in total. The van der Waals surface area contributed by atoms with Crippen LogP contribution in [-0.2, 0) is 59.7 Å². The number of epoxide rings is 2. The summed E-state index contributed by atoms with van der Waals surface area (Å²) in [6.07, 6.45) is 0.859. The molecule has 532 valence electrons. The first-order chi connectivity index (χ1) is 48.5. The molecule has 102 heavy (non-hydrogen) atoms. The van der Waals surface area contributed by atoms with Gasteiger partial charge in [-0.15, -0.1) is 0 Å². The molecule has 4 atom stereocenters. The van der Waals surface area contributed by atoms with Crippen LogP contribution in [0.25, 0.3) is 43.1 Å². The molecule has 0 bridgehead atoms. The Balaban J connectivity index is 1.15. The molecule has 4 aliphatic rings. The van der Waals surface area contributed by atoms with Crippen molar-refractivity contribution in [2.24, 2.45) is 0 Å². The van der Waals surface area contributed by atoms with Crippen LogP contribution in [0.1, 0.15) is 186 Å². The van der Waals surface area contributed by atoms with E-state index >= 15 is 19.2 Å². The quantitative estimate of drug-likeness (QED) is 0.0123. The summed E-state index contributed by atoms with van der Waals surface area (Å²) in [5.41, 5.74) is 3.12. The van der Waals surface area contributed by atoms with Crippen LogP contribution in [0.2, 0.25) is 0 Å². The molecule has 18 nitrogen and oxygen atoms in total. The number of hydrogen-bond acceptors (Lipinski definition) is 16. The van der Waals surface area contributed by atoms with E-state index in [0.717, 1.165) is 32.1 Å². The van der Waals surface area contributed by atoms with Gasteiger partial charge in [-0.2, -0.15) is 0 Å². The number of carbonyl (C=O) groups excluding carboxylic acids is 6. The van der Waals surface area contributed by atoms with Gasteiger partial charge in [0.25, 0.3) is 23.6 Å². The summed E-state index contributed by atoms with van der Waals surface area (Å²) in [6.45, 7) is 30.7. The lowest BCUT2D eigenvalue weighted by molar-refractivity contribution is -0.151. The summed E-state index contributed by atoms with van der Waals surface area (Å²) in [6, 6.07) is 34.2. The van der Waals surface area contributed by atoms with Crippen molar-refractivity contribution in [3.63, 3.8) is 0 Å². The molecule has 9 aromatic carbocycles. The lowest BCUT2D eigenvalue weighted by atomic mass is 9.80. The van der Waals surface area contributed by atoms with Crippen LogP contribution in [0.4, 0.5) is 0 Å². The first kappa shape index (κ1) is 71.0. The first-order valence-electron chi connectivity index (χ1n) is 35.5. The van der Waals surface area contributed by atoms with E-state index in [9.17, 15) is 9.59 Å². The number of fused-ring (bicyclic) bond motifs is 2. The predicted octanol–water partition coefficient (Wildman–Crippen LogP) is 17.5. The van der Waals surface area contributed by atoms with Crippen molar-refractivity contribution in [2.45, 2.75) is 169 Å². The summed E-state index contributed by atoms with van der Waals surface area (Å²) in [5, 5.41) is 2.20. The molecule has 4 unspecified atom stereocenters. The van der Waals surface area contributed by atoms with E-state index in [4.69, 9.17) is 47.4 Å². The van der Waals surface area contributed by atoms with E-state index in [0.29, 0.717) is 94.6 Å². The Hall–Kier alpha value is -9.46. The monoisotopic (exact) mass is 1380 g/mol. The molecule has 4 amide bonds. The van der Waals surface area contributed by atoms with Crippen LogP contribution >= 0.6 is 0 Å². The number of amides is 4. The van der Waals surface area contributed by atoms with E-state index in [1.165, 1.54) is 0 Å². The van der Waals surface area contributed by atoms with Crippen LogP contribution in [0.15, 0.2) is 121 Å². The maximum Gasteiger partial charge on any atom is 0.329 e. The Morgan fingerprint density at radius 1 is 0.382 bits per heavy atom. The zero-order valence-electron chi connectivity index (χ0n) is 60.8. The number of imide groups is 2. The van der Waals surface area contributed by atoms with Gasteiger partial charge in [-0.1, -0.05) is 158 Å². The minimum absolute atomic E-state index is 0.0153. The maximum absolute atomic E-state index is 16.2. The highest BCUT2D eigenvalue weighted by Crippen LogP contribution is 2.58. The van der Waals surface area contributed by atoms with Crippen molar-refractivity contribution in [1.29, 1.82) is 0 Å². The molecule has 0 spiro atoms. The number of benzene rings is 9. The molecule has 0 radical (unpaired) electrons. The highest BCUT2D eigenvalue weighted by Gasteiger charge is 2.47. The standard InChI is InChI=1S/C84H90N2O16/c1-15-17-61(79(91)95-37-35-93-43-55-45-97-55)85-75(87)57-39-63(99-51-27-19-47(20-28-51)81(3,4)5)69-71-65(101-53-31-23-49(24-32-53)83(9,10)11)41-59-68-60(78(90)86(77(59)89)62(18-16-2)80(92)96-38-36-94-44-56-46-98-56)42-66(102-54-33-25-50(26-34-54)84(12,13)14)72(74(68)71)70-64(40-58(76(85)88)67(57)73(69)70)100-52-29-21-48(22-30-52)82(6,7)8/h19-34,39-42,55-56,61-62H,15-18,35-38,43-46H2,1-14H3. The summed E-state index contributed by atoms with van der Waals surface area (Å²) in [5.74, 6) is -2.88. The Morgan fingerprint density at radius 3 is 0.843 bits per heavy atom. The fourth-order valence-electron chi connectivity index (χ4n) is 13.6. The summed E-state index contributed by atoms with van der Waals surface area (Å²) >= 11 is 0. The molecule has 2 fully saturated rings. The molecule has 4 aliphatic heterocycles. The fourth-order valence-corrected chi connectivity index (χ4v) is 13.6. The van der Waals surface area contributed by atoms with Gasteiger partial charge in [-0.05, 0) is 130 Å². The normalized spacial score (nSPS) is 16.7. The van der Waals surface area contributed by atoms with Gasteiger partial charge < -0.3 is 47.4 Å². The van der Waals surface area contributed by atoms with E-state index in [-0.39, 0.29) is 129 Å². The molecule has 13 rings (SSSR count). The molecule has 2 saturated heterocycles. The van der Waals surface area contributed by atoms with E-state index in [1.807, 2.05) is 111 Å². The van der Waals surface area contributed by atoms with Gasteiger partial charge in [0.05, 0.1) is 61.9 Å². The van der Waals surface area contributed by atoms with Gasteiger partial charge in [0.1, 0.15) is 83.5 Å². The summed E-state index contributed by atoms with van der Waals surface area (Å²) in [7, 11) is 0. The number of hydrogen-bond donors (Lipinski definition) is 0. The summed E-state index contributed by atoms with van der Waals surface area (Å²) < 4.78 is 63.0. The largest absolute Gasteiger partial charge is 0.462 e. The lowest BCUT2D eigenvalue weighted by Gasteiger charge is -2.35. The molecule has 0 aliphatic carbocycles. The second-order valence-electron chi connectivity index (χ2n) is 31.2. The maximum atomic E-state index is 16.2. The molecular weight excluding hydrogens is 1290 g/mol. The topological polar surface area (TPSA) is 208 Å². The molecule has 4 heterocycles. The Kier molecular flexibility index (Phi) is 19.3. The second-order valence-corrected chi connectivity index (χ2v) is 31.2. The SMILES string of the molecule is CCCC(C(=O)OCCOCC1CO1)N1C(=O)c2cc(Oc3ccc(C(C)(C)C)cc3)c3c4c(Oc5ccc(C(C)(C)C)cc5)cc5c6c(cc(Oc7ccc(C(C)(C)C)cc7)c(c7c(Oc8ccc(C(C)(C)C)cc8)cc(c2c37)C1=O)c64)C(=O)N(C(CCC)C(=O)OCCOCC1CO1)C5=O. The number of carbonyl (C=O) groups is 6. The minimum atomic E-state index is -1.39. The van der Waals surface area contributed by atoms with Crippen molar-refractivity contribution < 1.29 is 76.1 Å². The first-order valence-corrected chi connectivity index (χ1v) is 35.5. The molecule has 9 aromatic rings. The molecule has 18 heteroatoms. The lowest BCUT2D eigenvalue weighted by Crippen LogP contribution is -2.51. The van der Waals surface area contributed by atoms with E-state index in [2.05, 4.69) is 83.1 Å². The van der Waals surface area contributed by atoms with Crippen molar-refractivity contribution in [2.75, 3.05) is 52.9 Å². The highest BCUT2D eigenvalue weighted by atomic mass is 16.6. The van der Waals surface area contributed by atoms with Crippen LogP contribution in [0.3, 0.4) is 0 Å². The number of ether oxygens (including phenoxy) is 10. The van der Waals surface area contributed by atoms with Crippen molar-refractivity contribution in [1.82, 2.24) is 9.80 Å². The minimum Gasteiger partial charge on any atom is -0.462 e. The molecule has 0 aromatic heterocycles. The van der Waals surface area contributed by atoms with Gasteiger partial charge in [0, 0.05) is 43.1 Å². The van der Waals surface area contributed by atoms with E-state index in [1.54, 1.807) is 24.3 Å². The van der Waals surface area contributed by atoms with Crippen molar-refractivity contribution in [3.8, 4) is 46.0 Å². The fraction of sp³-hybridized carbons (Fsp3) is 0.405. The zero-order valence-corrected chi connectivity index (χ0v) is 60.8. The third-order valence-electron chi connectivity index (χ3n) is 19.4. The molecule has 0 saturated carbocycles. The smallest absolute Gasteiger partial charge is 0.329 e. The average molecular weight is 1380 g/mol. The average Bonchev–Trinajstić information content (AvgIpc) is 1.22. The number of rotatable bonds is 26. The third-order valence-corrected chi connectivity index (χ3v) is 19.4. The van der Waals surface area contributed by atoms with Gasteiger partial charge in [-0.25, -0.2) is 9.59 Å². The van der Waals surface area contributed by atoms with Crippen LogP contribution in [-0.4, -0.2) is 123 Å². The Morgan fingerprint density at radius 2 is 0.627 bits per heavy atom. The van der Waals surface area contributed by atoms with Crippen LogP contribution in [0.5, 0.6) is 46.0 Å². The Labute approximate surface area is 595 Å². The van der Waals surface area contributed by atoms with Crippen molar-refractivity contribution in [3.05, 3.63) is 166 Å². The summed E-state index contributed by atoms with van der Waals surface area (Å²) in [4.78, 5) is 96.2. The van der Waals surface area contributed by atoms with Gasteiger partial charge in [0.2, 0.25) is 0 Å². The number of esters is 2. The zero-order chi connectivity index (χ0) is 72.5. The second kappa shape index (κ2) is 27.7. The highest BCUT2D eigenvalue weighted by molar-refractivity contribution is 6.45. The van der Waals surface area contributed by atoms with Crippen LogP contribution in [0, 0.1) is 0 Å². The predicted molar refractivity (Wildman–Crippen MR) is 390 cm³/mol. The van der Waals surface area contributed by atoms with Crippen molar-refractivity contribution >= 4 is 78.7 Å². The molecular formula is C84H90N2O16. The van der Waals surface area contributed by atoms with Crippen LogP contribution < -0.4 is 18.9 Å². The van der Waals surface area contributed by atoms with Gasteiger partial charge >= 0.3 is 11.9 Å². The van der Waals surface area contributed by atoms with E-state index < -0.39 is 47.7 Å².